The van der Waals surface area contributed by atoms with Gasteiger partial charge in [0.2, 0.25) is 11.8 Å². The van der Waals surface area contributed by atoms with Gasteiger partial charge in [-0.05, 0) is 52.4 Å². The lowest BCUT2D eigenvalue weighted by Gasteiger charge is -2.24. The van der Waals surface area contributed by atoms with Crippen LogP contribution < -0.4 is 15.5 Å². The molecule has 1 atom stereocenters. The number of hydrogen-bond donors (Lipinski definition) is 3. The Morgan fingerprint density at radius 1 is 0.902 bits per heavy atom. The van der Waals surface area contributed by atoms with Gasteiger partial charge in [-0.3, -0.25) is 9.59 Å². The average molecular weight is 730 g/mol. The summed E-state index contributed by atoms with van der Waals surface area (Å²) in [4.78, 5) is 42.4. The zero-order valence-electron chi connectivity index (χ0n) is 28.7. The van der Waals surface area contributed by atoms with Crippen molar-refractivity contribution in [2.75, 3.05) is 61.0 Å². The van der Waals surface area contributed by atoms with E-state index in [2.05, 4.69) is 29.6 Å². The zero-order valence-corrected chi connectivity index (χ0v) is 30.2. The standard InChI is InChI=1S/C26H26ClN3O4.C13H13NO.CH3Cl/c27-14-18-15-30(22-13-23(32)20-3-1-2-4-21(20)26(18)22)25(34)16-29(11-12-31)24(33)10-7-17-5-8-19(28)9-6-17;1-14-7-6-10-9-4-2-3-5-11(9)13(15)8-12(10)14;1-2/h1-6,8-9,12-13,18,32H,7,10-11,14-16,28H2;2-5,8,15H,6-7H2,1H3;1H3. The molecular weight excluding hydrogens is 687 g/mol. The Balaban J connectivity index is 0.000000245. The number of aryl methyl sites for hydroxylation is 1. The van der Waals surface area contributed by atoms with Crippen LogP contribution >= 0.6 is 23.2 Å². The quantitative estimate of drug-likeness (QED) is 0.0906. The van der Waals surface area contributed by atoms with Crippen LogP contribution in [0.15, 0.2) is 84.9 Å². The van der Waals surface area contributed by atoms with Crippen molar-refractivity contribution in [2.24, 2.45) is 0 Å². The molecule has 51 heavy (non-hydrogen) atoms. The lowest BCUT2D eigenvalue weighted by atomic mass is 9.95. The third kappa shape index (κ3) is 8.00. The molecule has 0 aliphatic carbocycles. The van der Waals surface area contributed by atoms with Gasteiger partial charge in [-0.1, -0.05) is 60.7 Å². The highest BCUT2D eigenvalue weighted by Gasteiger charge is 2.35. The van der Waals surface area contributed by atoms with E-state index in [0.29, 0.717) is 47.6 Å². The Morgan fingerprint density at radius 2 is 1.49 bits per heavy atom. The minimum Gasteiger partial charge on any atom is -0.507 e. The van der Waals surface area contributed by atoms with E-state index in [1.165, 1.54) is 27.9 Å². The van der Waals surface area contributed by atoms with E-state index < -0.39 is 0 Å². The molecule has 7 rings (SSSR count). The number of aromatic hydroxyl groups is 2. The van der Waals surface area contributed by atoms with Crippen molar-refractivity contribution in [3.8, 4) is 11.5 Å². The Kier molecular flexibility index (Phi) is 12.3. The van der Waals surface area contributed by atoms with E-state index in [-0.39, 0.29) is 43.0 Å². The summed E-state index contributed by atoms with van der Waals surface area (Å²) in [5.74, 6) is 0.0549. The molecule has 266 valence electrons. The lowest BCUT2D eigenvalue weighted by molar-refractivity contribution is -0.136. The molecule has 0 spiro atoms. The molecule has 0 saturated heterocycles. The van der Waals surface area contributed by atoms with Crippen LogP contribution in [0.2, 0.25) is 0 Å². The molecule has 5 aromatic carbocycles. The lowest BCUT2D eigenvalue weighted by Crippen LogP contribution is -2.43. The topological polar surface area (TPSA) is 127 Å². The predicted molar refractivity (Wildman–Crippen MR) is 208 cm³/mol. The number of alkyl halides is 2. The van der Waals surface area contributed by atoms with Crippen LogP contribution in [0.3, 0.4) is 0 Å². The average Bonchev–Trinajstić information content (AvgIpc) is 3.72. The maximum atomic E-state index is 13.3. The zero-order chi connectivity index (χ0) is 36.7. The SMILES string of the molecule is CCl.CN1CCc2c1cc(O)c1ccccc21.Nc1ccc(CCC(=O)N(CC=O)CC(=O)N2CC(CCl)c3c2cc(O)c2ccccc32)cc1. The number of halogens is 2. The third-order valence-electron chi connectivity index (χ3n) is 9.43. The van der Waals surface area contributed by atoms with E-state index in [1.54, 1.807) is 23.1 Å². The second kappa shape index (κ2) is 16.8. The van der Waals surface area contributed by atoms with Crippen LogP contribution in [-0.4, -0.2) is 78.7 Å². The van der Waals surface area contributed by atoms with E-state index in [0.717, 1.165) is 34.9 Å². The van der Waals surface area contributed by atoms with Crippen molar-refractivity contribution in [2.45, 2.75) is 25.2 Å². The molecule has 2 aliphatic rings. The van der Waals surface area contributed by atoms with Gasteiger partial charge >= 0.3 is 0 Å². The van der Waals surface area contributed by atoms with Gasteiger partial charge in [0.15, 0.2) is 0 Å². The van der Waals surface area contributed by atoms with Gasteiger partial charge in [-0.15, -0.1) is 23.2 Å². The number of nitrogen functional groups attached to an aromatic ring is 1. The molecule has 0 aromatic heterocycles. The van der Waals surface area contributed by atoms with Gasteiger partial charge in [0, 0.05) is 79.0 Å². The summed E-state index contributed by atoms with van der Waals surface area (Å²) >= 11 is 10.9. The highest BCUT2D eigenvalue weighted by atomic mass is 35.5. The number of hydrogen-bond acceptors (Lipinski definition) is 7. The normalized spacial score (nSPS) is 14.2. The maximum absolute atomic E-state index is 13.3. The third-order valence-corrected chi connectivity index (χ3v) is 9.80. The first-order valence-electron chi connectivity index (χ1n) is 16.7. The number of carbonyl (C=O) groups excluding carboxylic acids is 3. The molecular formula is C40H42Cl2N4O5. The van der Waals surface area contributed by atoms with Gasteiger partial charge in [-0.2, -0.15) is 0 Å². The number of nitrogens with two attached hydrogens (primary N) is 1. The minimum atomic E-state index is -0.328. The van der Waals surface area contributed by atoms with E-state index in [1.807, 2.05) is 60.7 Å². The first kappa shape index (κ1) is 37.3. The van der Waals surface area contributed by atoms with Crippen LogP contribution in [0.4, 0.5) is 17.1 Å². The molecule has 0 radical (unpaired) electrons. The first-order valence-corrected chi connectivity index (χ1v) is 18.0. The summed E-state index contributed by atoms with van der Waals surface area (Å²) in [6.07, 6.45) is 3.81. The minimum absolute atomic E-state index is 0.0756. The van der Waals surface area contributed by atoms with Crippen molar-refractivity contribution >= 4 is 79.9 Å². The summed E-state index contributed by atoms with van der Waals surface area (Å²) in [6.45, 7) is 0.985. The fraction of sp³-hybridized carbons (Fsp3) is 0.275. The highest BCUT2D eigenvalue weighted by molar-refractivity contribution is 6.19. The summed E-state index contributed by atoms with van der Waals surface area (Å²) in [5, 5.41) is 24.2. The largest absolute Gasteiger partial charge is 0.507 e. The molecule has 2 heterocycles. The molecule has 5 aromatic rings. The highest BCUT2D eigenvalue weighted by Crippen LogP contribution is 2.45. The van der Waals surface area contributed by atoms with Gasteiger partial charge in [-0.25, -0.2) is 0 Å². The molecule has 11 heteroatoms. The number of phenols is 2. The number of anilines is 3. The number of nitrogens with zero attached hydrogens (tertiary/aromatic N) is 3. The fourth-order valence-corrected chi connectivity index (χ4v) is 7.13. The number of phenolic OH excluding ortho intramolecular Hbond substituents is 2. The summed E-state index contributed by atoms with van der Waals surface area (Å²) in [5.41, 5.74) is 11.3. The molecule has 2 amide bonds. The number of fused-ring (bicyclic) bond motifs is 6. The Morgan fingerprint density at radius 3 is 2.12 bits per heavy atom. The fourth-order valence-electron chi connectivity index (χ4n) is 6.88. The van der Waals surface area contributed by atoms with E-state index >= 15 is 0 Å². The number of benzene rings is 5. The molecule has 1 unspecified atom stereocenters. The molecule has 4 N–H and O–H groups in total. The van der Waals surface area contributed by atoms with Crippen LogP contribution in [-0.2, 0) is 27.2 Å². The van der Waals surface area contributed by atoms with Crippen LogP contribution in [0, 0.1) is 0 Å². The van der Waals surface area contributed by atoms with Gasteiger partial charge in [0.25, 0.3) is 0 Å². The van der Waals surface area contributed by atoms with E-state index in [4.69, 9.17) is 17.3 Å². The molecule has 0 fully saturated rings. The Hall–Kier alpha value is -4.99. The van der Waals surface area contributed by atoms with Crippen molar-refractivity contribution < 1.29 is 24.6 Å². The van der Waals surface area contributed by atoms with Gasteiger partial charge in [0.1, 0.15) is 24.3 Å². The van der Waals surface area contributed by atoms with Gasteiger partial charge < -0.3 is 35.4 Å². The van der Waals surface area contributed by atoms with Crippen molar-refractivity contribution in [3.05, 3.63) is 102 Å². The molecule has 9 nitrogen and oxygen atoms in total. The first-order chi connectivity index (χ1) is 24.7. The number of likely N-dealkylation sites (N-methyl/N-ethyl adjacent to an activating group) is 1. The summed E-state index contributed by atoms with van der Waals surface area (Å²) in [6, 6.07) is 26.2. The molecule has 2 aliphatic heterocycles. The second-order valence-electron chi connectivity index (χ2n) is 12.5. The molecule has 0 bridgehead atoms. The second-order valence-corrected chi connectivity index (χ2v) is 12.8. The summed E-state index contributed by atoms with van der Waals surface area (Å²) < 4.78 is 0. The Bertz CT molecular complexity index is 2040. The number of amides is 2. The monoisotopic (exact) mass is 728 g/mol. The number of rotatable bonds is 8. The Labute approximate surface area is 307 Å². The number of carbonyl (C=O) groups is 3. The number of aldehydes is 1. The van der Waals surface area contributed by atoms with E-state index in [9.17, 15) is 24.6 Å². The van der Waals surface area contributed by atoms with Crippen LogP contribution in [0.1, 0.15) is 29.0 Å². The maximum Gasteiger partial charge on any atom is 0.246 e. The smallest absolute Gasteiger partial charge is 0.246 e. The molecule has 0 saturated carbocycles. The summed E-state index contributed by atoms with van der Waals surface area (Å²) in [7, 11) is 2.07. The van der Waals surface area contributed by atoms with Gasteiger partial charge in [0.05, 0.1) is 12.2 Å². The predicted octanol–water partition coefficient (Wildman–Crippen LogP) is 6.85. The van der Waals surface area contributed by atoms with Crippen LogP contribution in [0.5, 0.6) is 11.5 Å². The van der Waals surface area contributed by atoms with Crippen LogP contribution in [0.25, 0.3) is 21.5 Å². The van der Waals surface area contributed by atoms with Crippen molar-refractivity contribution in [3.63, 3.8) is 0 Å². The van der Waals surface area contributed by atoms with Crippen molar-refractivity contribution in [1.82, 2.24) is 4.90 Å². The van der Waals surface area contributed by atoms with Crippen molar-refractivity contribution in [1.29, 1.82) is 0 Å².